The van der Waals surface area contributed by atoms with E-state index >= 15 is 0 Å². The van der Waals surface area contributed by atoms with Crippen LogP contribution in [0.2, 0.25) is 0 Å². The number of rotatable bonds is 3. The van der Waals surface area contributed by atoms with Crippen LogP contribution in [0.15, 0.2) is 24.3 Å². The summed E-state index contributed by atoms with van der Waals surface area (Å²) in [7, 11) is 0. The smallest absolute Gasteiger partial charge is 0.147 e. The zero-order chi connectivity index (χ0) is 14.8. The number of ketones is 1. The van der Waals surface area contributed by atoms with Crippen molar-refractivity contribution < 1.29 is 9.53 Å². The molecule has 0 radical (unpaired) electrons. The molecule has 2 aliphatic heterocycles. The second-order valence-corrected chi connectivity index (χ2v) is 8.91. The third-order valence-corrected chi connectivity index (χ3v) is 7.88. The molecular formula is C17H22O2S2. The van der Waals surface area contributed by atoms with Gasteiger partial charge in [-0.2, -0.15) is 11.8 Å². The van der Waals surface area contributed by atoms with Crippen LogP contribution in [0, 0.1) is 0 Å². The first-order chi connectivity index (χ1) is 10.1. The predicted molar refractivity (Wildman–Crippen MR) is 91.7 cm³/mol. The average Bonchev–Trinajstić information content (AvgIpc) is 2.50. The lowest BCUT2D eigenvalue weighted by atomic mass is 9.88. The lowest BCUT2D eigenvalue weighted by Gasteiger charge is -2.32. The van der Waals surface area contributed by atoms with E-state index in [1.807, 2.05) is 41.7 Å². The molecule has 2 nitrogen and oxygen atoms in total. The molecule has 3 rings (SSSR count). The molecular weight excluding hydrogens is 300 g/mol. The van der Waals surface area contributed by atoms with Crippen LogP contribution in [0.25, 0.3) is 0 Å². The van der Waals surface area contributed by atoms with Crippen molar-refractivity contribution in [1.29, 1.82) is 0 Å². The number of carbonyl (C=O) groups excluding carboxylic acids is 1. The quantitative estimate of drug-likeness (QED) is 0.835. The summed E-state index contributed by atoms with van der Waals surface area (Å²) in [4.78, 5) is 12.7. The highest BCUT2D eigenvalue weighted by Crippen LogP contribution is 2.40. The SMILES string of the molecule is CC1SCC(C(=O)CC2CCOc3ccccc32)SC1C. The second kappa shape index (κ2) is 6.66. The van der Waals surface area contributed by atoms with Gasteiger partial charge in [-0.3, -0.25) is 4.79 Å². The van der Waals surface area contributed by atoms with Gasteiger partial charge in [0.1, 0.15) is 11.5 Å². The van der Waals surface area contributed by atoms with Gasteiger partial charge in [-0.25, -0.2) is 0 Å². The fraction of sp³-hybridized carbons (Fsp3) is 0.588. The first kappa shape index (κ1) is 15.3. The van der Waals surface area contributed by atoms with Crippen molar-refractivity contribution in [2.24, 2.45) is 0 Å². The molecule has 0 spiro atoms. The van der Waals surface area contributed by atoms with Gasteiger partial charge in [-0.15, -0.1) is 11.8 Å². The van der Waals surface area contributed by atoms with Crippen molar-refractivity contribution in [3.8, 4) is 5.75 Å². The molecule has 114 valence electrons. The first-order valence-electron chi connectivity index (χ1n) is 7.66. The molecule has 21 heavy (non-hydrogen) atoms. The largest absolute Gasteiger partial charge is 0.493 e. The number of para-hydroxylation sites is 1. The number of ether oxygens (including phenoxy) is 1. The molecule has 0 aromatic heterocycles. The molecule has 2 aliphatic rings. The Morgan fingerprint density at radius 1 is 1.29 bits per heavy atom. The summed E-state index contributed by atoms with van der Waals surface area (Å²) in [5.74, 6) is 2.70. The Hall–Kier alpha value is -0.610. The van der Waals surface area contributed by atoms with Gasteiger partial charge in [0.15, 0.2) is 0 Å². The molecule has 0 bridgehead atoms. The van der Waals surface area contributed by atoms with E-state index in [-0.39, 0.29) is 5.25 Å². The van der Waals surface area contributed by atoms with Gasteiger partial charge in [-0.05, 0) is 24.0 Å². The summed E-state index contributed by atoms with van der Waals surface area (Å²) in [6.45, 7) is 5.23. The minimum Gasteiger partial charge on any atom is -0.493 e. The van der Waals surface area contributed by atoms with Gasteiger partial charge in [0.25, 0.3) is 0 Å². The minimum atomic E-state index is 0.177. The van der Waals surface area contributed by atoms with E-state index in [9.17, 15) is 4.79 Å². The lowest BCUT2D eigenvalue weighted by molar-refractivity contribution is -0.118. The topological polar surface area (TPSA) is 26.3 Å². The number of hydrogen-bond donors (Lipinski definition) is 0. The fourth-order valence-corrected chi connectivity index (χ4v) is 5.86. The van der Waals surface area contributed by atoms with Crippen LogP contribution in [0.4, 0.5) is 0 Å². The molecule has 0 N–H and O–H groups in total. The predicted octanol–water partition coefficient (Wildman–Crippen LogP) is 4.14. The third-order valence-electron chi connectivity index (χ3n) is 4.44. The van der Waals surface area contributed by atoms with Crippen LogP contribution < -0.4 is 4.74 Å². The average molecular weight is 322 g/mol. The van der Waals surface area contributed by atoms with Gasteiger partial charge in [0.05, 0.1) is 11.9 Å². The Labute approximate surface area is 135 Å². The van der Waals surface area contributed by atoms with Crippen LogP contribution in [0.3, 0.4) is 0 Å². The Balaban J connectivity index is 1.66. The first-order valence-corrected chi connectivity index (χ1v) is 9.66. The number of hydrogen-bond acceptors (Lipinski definition) is 4. The molecule has 4 unspecified atom stereocenters. The molecule has 0 amide bonds. The molecule has 0 saturated carbocycles. The van der Waals surface area contributed by atoms with Gasteiger partial charge in [0, 0.05) is 22.7 Å². The standard InChI is InChI=1S/C17H22O2S2/c1-11-12(2)21-17(10-20-11)15(18)9-13-7-8-19-16-6-4-3-5-14(13)16/h3-6,11-13,17H,7-10H2,1-2H3. The maximum atomic E-state index is 12.7. The van der Waals surface area contributed by atoms with Crippen molar-refractivity contribution in [2.45, 2.75) is 48.4 Å². The summed E-state index contributed by atoms with van der Waals surface area (Å²) < 4.78 is 5.69. The molecule has 1 saturated heterocycles. The maximum absolute atomic E-state index is 12.7. The van der Waals surface area contributed by atoms with E-state index in [1.165, 1.54) is 5.56 Å². The summed E-state index contributed by atoms with van der Waals surface area (Å²) >= 11 is 3.81. The van der Waals surface area contributed by atoms with Gasteiger partial charge in [0.2, 0.25) is 0 Å². The molecule has 0 aliphatic carbocycles. The number of carbonyl (C=O) groups is 1. The third kappa shape index (κ3) is 3.42. The summed E-state index contributed by atoms with van der Waals surface area (Å²) in [6.07, 6.45) is 1.62. The highest BCUT2D eigenvalue weighted by atomic mass is 32.2. The summed E-state index contributed by atoms with van der Waals surface area (Å²) in [5.41, 5.74) is 1.21. The van der Waals surface area contributed by atoms with E-state index in [0.29, 0.717) is 28.6 Å². The van der Waals surface area contributed by atoms with Gasteiger partial charge in [-0.1, -0.05) is 32.0 Å². The molecule has 1 fully saturated rings. The van der Waals surface area contributed by atoms with Crippen LogP contribution in [0.1, 0.15) is 38.2 Å². The zero-order valence-corrected chi connectivity index (χ0v) is 14.2. The highest BCUT2D eigenvalue weighted by Gasteiger charge is 2.32. The maximum Gasteiger partial charge on any atom is 0.147 e. The van der Waals surface area contributed by atoms with Gasteiger partial charge >= 0.3 is 0 Å². The van der Waals surface area contributed by atoms with Gasteiger partial charge < -0.3 is 4.74 Å². The van der Waals surface area contributed by atoms with Crippen molar-refractivity contribution >= 4 is 29.3 Å². The molecule has 2 heterocycles. The van der Waals surface area contributed by atoms with E-state index in [4.69, 9.17) is 4.74 Å². The van der Waals surface area contributed by atoms with Crippen molar-refractivity contribution in [3.05, 3.63) is 29.8 Å². The Bertz CT molecular complexity index is 517. The minimum absolute atomic E-state index is 0.177. The van der Waals surface area contributed by atoms with E-state index < -0.39 is 0 Å². The Kier molecular flexibility index (Phi) is 4.85. The highest BCUT2D eigenvalue weighted by molar-refractivity contribution is 8.08. The number of benzene rings is 1. The fourth-order valence-electron chi connectivity index (χ4n) is 2.95. The number of thioether (sulfide) groups is 2. The van der Waals surface area contributed by atoms with Crippen LogP contribution in [-0.4, -0.2) is 33.9 Å². The second-order valence-electron chi connectivity index (χ2n) is 5.91. The van der Waals surface area contributed by atoms with Crippen molar-refractivity contribution in [2.75, 3.05) is 12.4 Å². The summed E-state index contributed by atoms with van der Waals surface area (Å²) in [5, 5.41) is 1.40. The van der Waals surface area contributed by atoms with Crippen molar-refractivity contribution in [3.63, 3.8) is 0 Å². The van der Waals surface area contributed by atoms with Crippen LogP contribution >= 0.6 is 23.5 Å². The molecule has 4 atom stereocenters. The van der Waals surface area contributed by atoms with E-state index in [2.05, 4.69) is 19.9 Å². The van der Waals surface area contributed by atoms with Crippen molar-refractivity contribution in [1.82, 2.24) is 0 Å². The molecule has 1 aromatic carbocycles. The molecule has 4 heteroatoms. The van der Waals surface area contributed by atoms with Crippen LogP contribution in [-0.2, 0) is 4.79 Å². The monoisotopic (exact) mass is 322 g/mol. The number of Topliss-reactive ketones (excluding diaryl/α,β-unsaturated/α-hetero) is 1. The lowest BCUT2D eigenvalue weighted by Crippen LogP contribution is -2.32. The van der Waals surface area contributed by atoms with E-state index in [0.717, 1.165) is 24.5 Å². The van der Waals surface area contributed by atoms with E-state index in [1.54, 1.807) is 0 Å². The number of fused-ring (bicyclic) bond motifs is 1. The van der Waals surface area contributed by atoms with Crippen LogP contribution in [0.5, 0.6) is 5.75 Å². The Morgan fingerprint density at radius 2 is 2.10 bits per heavy atom. The summed E-state index contributed by atoms with van der Waals surface area (Å²) in [6, 6.07) is 8.17. The Morgan fingerprint density at radius 3 is 2.90 bits per heavy atom. The zero-order valence-electron chi connectivity index (χ0n) is 12.6. The normalized spacial score (nSPS) is 32.1. The molecule has 1 aromatic rings.